The van der Waals surface area contributed by atoms with Crippen molar-refractivity contribution in [1.29, 1.82) is 0 Å². The fourth-order valence-electron chi connectivity index (χ4n) is 2.44. The monoisotopic (exact) mass is 239 g/mol. The van der Waals surface area contributed by atoms with Crippen LogP contribution in [0, 0.1) is 5.92 Å². The maximum Gasteiger partial charge on any atom is 0.187 e. The number of Topliss-reactive ketones (excluding diaryl/α,β-unsaturated/α-hetero) is 1. The Bertz CT molecular complexity index is 611. The Morgan fingerprint density at radius 2 is 2.11 bits per heavy atom. The number of allylic oxidation sites excluding steroid dienone is 3. The largest absolute Gasteiger partial charge is 0.293 e. The molecule has 1 unspecified atom stereocenters. The minimum absolute atomic E-state index is 0.0537. The van der Waals surface area contributed by atoms with Gasteiger partial charge in [0, 0.05) is 23.5 Å². The molecule has 0 aliphatic heterocycles. The zero-order chi connectivity index (χ0) is 12.7. The highest BCUT2D eigenvalue weighted by atomic mass is 16.1. The summed E-state index contributed by atoms with van der Waals surface area (Å²) in [6, 6.07) is 1.72. The van der Waals surface area contributed by atoms with Gasteiger partial charge in [-0.25, -0.2) is 0 Å². The van der Waals surface area contributed by atoms with E-state index in [-0.39, 0.29) is 17.5 Å². The summed E-state index contributed by atoms with van der Waals surface area (Å²) >= 11 is 0. The number of hydrogen-bond donors (Lipinski definition) is 0. The highest BCUT2D eigenvalue weighted by molar-refractivity contribution is 6.10. The minimum atomic E-state index is -0.0772. The van der Waals surface area contributed by atoms with Gasteiger partial charge in [-0.15, -0.1) is 0 Å². The second-order valence-electron chi connectivity index (χ2n) is 4.62. The number of fused-ring (bicyclic) bond motifs is 2. The first-order chi connectivity index (χ1) is 8.70. The summed E-state index contributed by atoms with van der Waals surface area (Å²) < 4.78 is 0. The zero-order valence-electron chi connectivity index (χ0n) is 10.1. The van der Waals surface area contributed by atoms with Gasteiger partial charge in [0.1, 0.15) is 0 Å². The molecule has 0 spiro atoms. The topological polar surface area (TPSA) is 47.0 Å². The lowest BCUT2D eigenvalue weighted by atomic mass is 9.87. The second-order valence-corrected chi connectivity index (χ2v) is 4.62. The molecule has 2 aliphatic rings. The third-order valence-electron chi connectivity index (χ3n) is 3.51. The standard InChI is InChI=1S/C15H13NO2/c1-2-9-6-7-13-11(15(9)18)8-10-12(16-13)4-3-5-14(10)17/h3,5-9H,2,4H2,1H3. The van der Waals surface area contributed by atoms with Crippen LogP contribution in [0.3, 0.4) is 0 Å². The van der Waals surface area contributed by atoms with E-state index in [2.05, 4.69) is 4.98 Å². The van der Waals surface area contributed by atoms with Crippen molar-refractivity contribution in [3.63, 3.8) is 0 Å². The fraction of sp³-hybridized carbons (Fsp3) is 0.267. The van der Waals surface area contributed by atoms with E-state index in [4.69, 9.17) is 0 Å². The Balaban J connectivity index is 2.16. The Kier molecular flexibility index (Phi) is 2.47. The van der Waals surface area contributed by atoms with Gasteiger partial charge in [0.15, 0.2) is 11.6 Å². The Hall–Kier alpha value is -2.03. The molecule has 1 atom stereocenters. The molecule has 0 amide bonds. The number of hydrogen-bond acceptors (Lipinski definition) is 3. The quantitative estimate of drug-likeness (QED) is 0.756. The van der Waals surface area contributed by atoms with E-state index < -0.39 is 0 Å². The van der Waals surface area contributed by atoms with Gasteiger partial charge in [0.25, 0.3) is 0 Å². The molecule has 3 rings (SSSR count). The van der Waals surface area contributed by atoms with Crippen molar-refractivity contribution in [2.45, 2.75) is 19.8 Å². The van der Waals surface area contributed by atoms with Crippen LogP contribution < -0.4 is 0 Å². The van der Waals surface area contributed by atoms with Crippen LogP contribution in [-0.2, 0) is 6.42 Å². The van der Waals surface area contributed by atoms with E-state index in [0.29, 0.717) is 23.2 Å². The molecule has 1 aromatic heterocycles. The van der Waals surface area contributed by atoms with Crippen LogP contribution in [-0.4, -0.2) is 16.6 Å². The molecule has 0 saturated carbocycles. The van der Waals surface area contributed by atoms with Gasteiger partial charge in [0.05, 0.1) is 11.4 Å². The molecule has 3 heteroatoms. The third kappa shape index (κ3) is 1.55. The van der Waals surface area contributed by atoms with Gasteiger partial charge in [-0.2, -0.15) is 0 Å². The van der Waals surface area contributed by atoms with Gasteiger partial charge in [-0.1, -0.05) is 19.1 Å². The lowest BCUT2D eigenvalue weighted by Crippen LogP contribution is -2.20. The minimum Gasteiger partial charge on any atom is -0.293 e. The molecule has 1 heterocycles. The van der Waals surface area contributed by atoms with Crippen LogP contribution in [0.2, 0.25) is 0 Å². The van der Waals surface area contributed by atoms with Crippen molar-refractivity contribution >= 4 is 17.6 Å². The molecule has 0 aromatic carbocycles. The van der Waals surface area contributed by atoms with E-state index in [0.717, 1.165) is 12.1 Å². The number of ketones is 2. The zero-order valence-corrected chi connectivity index (χ0v) is 10.1. The number of aromatic nitrogens is 1. The normalized spacial score (nSPS) is 20.8. The van der Waals surface area contributed by atoms with Crippen molar-refractivity contribution in [2.24, 2.45) is 5.92 Å². The third-order valence-corrected chi connectivity index (χ3v) is 3.51. The second kappa shape index (κ2) is 4.02. The summed E-state index contributed by atoms with van der Waals surface area (Å²) in [5.74, 6) is -0.0545. The summed E-state index contributed by atoms with van der Waals surface area (Å²) in [7, 11) is 0. The average Bonchev–Trinajstić information content (AvgIpc) is 2.38. The molecule has 0 saturated heterocycles. The summed E-state index contributed by atoms with van der Waals surface area (Å²) in [5, 5.41) is 0. The molecular formula is C15H13NO2. The predicted octanol–water partition coefficient (Wildman–Crippen LogP) is 2.61. The van der Waals surface area contributed by atoms with E-state index >= 15 is 0 Å². The summed E-state index contributed by atoms with van der Waals surface area (Å²) in [4.78, 5) is 28.4. The molecule has 2 aliphatic carbocycles. The first kappa shape index (κ1) is 11.1. The smallest absolute Gasteiger partial charge is 0.187 e. The first-order valence-corrected chi connectivity index (χ1v) is 6.18. The highest BCUT2D eigenvalue weighted by Gasteiger charge is 2.26. The highest BCUT2D eigenvalue weighted by Crippen LogP contribution is 2.27. The molecule has 90 valence electrons. The van der Waals surface area contributed by atoms with Crippen LogP contribution in [0.5, 0.6) is 0 Å². The number of nitrogens with zero attached hydrogens (tertiary/aromatic N) is 1. The maximum atomic E-state index is 12.2. The van der Waals surface area contributed by atoms with Crippen LogP contribution in [0.4, 0.5) is 0 Å². The van der Waals surface area contributed by atoms with Crippen LogP contribution >= 0.6 is 0 Å². The predicted molar refractivity (Wildman–Crippen MR) is 68.6 cm³/mol. The molecule has 1 aromatic rings. The number of carbonyl (C=O) groups is 2. The molecule has 0 N–H and O–H groups in total. The van der Waals surface area contributed by atoms with Crippen molar-refractivity contribution in [1.82, 2.24) is 4.98 Å². The molecule has 0 fully saturated rings. The van der Waals surface area contributed by atoms with Crippen molar-refractivity contribution in [2.75, 3.05) is 0 Å². The molecule has 18 heavy (non-hydrogen) atoms. The van der Waals surface area contributed by atoms with E-state index in [9.17, 15) is 9.59 Å². The van der Waals surface area contributed by atoms with Gasteiger partial charge in [-0.05, 0) is 24.6 Å². The lowest BCUT2D eigenvalue weighted by Gasteiger charge is -2.19. The molecule has 3 nitrogen and oxygen atoms in total. The number of rotatable bonds is 1. The van der Waals surface area contributed by atoms with E-state index in [1.807, 2.05) is 25.2 Å². The molecular weight excluding hydrogens is 226 g/mol. The van der Waals surface area contributed by atoms with E-state index in [1.165, 1.54) is 0 Å². The van der Waals surface area contributed by atoms with Gasteiger partial charge >= 0.3 is 0 Å². The Morgan fingerprint density at radius 3 is 2.89 bits per heavy atom. The SMILES string of the molecule is CCC1C=Cc2nc3c(cc2C1=O)C(=O)C=CC3. The number of pyridine rings is 1. The number of carbonyl (C=O) groups excluding carboxylic acids is 2. The van der Waals surface area contributed by atoms with Crippen molar-refractivity contribution in [3.05, 3.63) is 46.8 Å². The van der Waals surface area contributed by atoms with Gasteiger partial charge in [0.2, 0.25) is 0 Å². The van der Waals surface area contributed by atoms with Crippen LogP contribution in [0.15, 0.2) is 24.3 Å². The summed E-state index contributed by atoms with van der Waals surface area (Å²) in [6.07, 6.45) is 8.61. The van der Waals surface area contributed by atoms with Crippen LogP contribution in [0.25, 0.3) is 6.08 Å². The lowest BCUT2D eigenvalue weighted by molar-refractivity contribution is 0.0940. The van der Waals surface area contributed by atoms with Gasteiger partial charge in [-0.3, -0.25) is 14.6 Å². The maximum absolute atomic E-state index is 12.2. The summed E-state index contributed by atoms with van der Waals surface area (Å²) in [6.45, 7) is 1.98. The molecule has 0 radical (unpaired) electrons. The first-order valence-electron chi connectivity index (χ1n) is 6.18. The van der Waals surface area contributed by atoms with Gasteiger partial charge < -0.3 is 0 Å². The Labute approximate surface area is 105 Å². The molecule has 0 bridgehead atoms. The Morgan fingerprint density at radius 1 is 1.28 bits per heavy atom. The van der Waals surface area contributed by atoms with E-state index in [1.54, 1.807) is 12.1 Å². The fourth-order valence-corrected chi connectivity index (χ4v) is 2.44. The van der Waals surface area contributed by atoms with Crippen molar-refractivity contribution in [3.8, 4) is 0 Å². The van der Waals surface area contributed by atoms with Crippen molar-refractivity contribution < 1.29 is 9.59 Å². The summed E-state index contributed by atoms with van der Waals surface area (Å²) in [5.41, 5.74) is 2.64. The average molecular weight is 239 g/mol. The van der Waals surface area contributed by atoms with Crippen LogP contribution in [0.1, 0.15) is 45.4 Å².